The fourth-order valence-corrected chi connectivity index (χ4v) is 4.69. The number of allylic oxidation sites excluding steroid dienone is 9. The lowest BCUT2D eigenvalue weighted by atomic mass is 9.89. The second-order valence-electron chi connectivity index (χ2n) is 9.06. The van der Waals surface area contributed by atoms with Gasteiger partial charge in [0.05, 0.1) is 44.9 Å². The van der Waals surface area contributed by atoms with Crippen LogP contribution in [0.15, 0.2) is 123 Å². The van der Waals surface area contributed by atoms with Crippen LogP contribution in [0.5, 0.6) is 0 Å². The zero-order valence-electron chi connectivity index (χ0n) is 21.4. The number of benzene rings is 2. The lowest BCUT2D eigenvalue weighted by Crippen LogP contribution is -2.31. The summed E-state index contributed by atoms with van der Waals surface area (Å²) in [6.07, 6.45) is 8.27. The van der Waals surface area contributed by atoms with E-state index in [-0.39, 0.29) is 28.3 Å². The molecule has 2 aromatic rings. The molecule has 5 rings (SSSR count). The van der Waals surface area contributed by atoms with Crippen LogP contribution in [0.4, 0.5) is 11.4 Å². The summed E-state index contributed by atoms with van der Waals surface area (Å²) in [7, 11) is -4.81. The molecule has 2 aromatic carbocycles. The monoisotopic (exact) mass is 581 g/mol. The molecule has 0 atom stereocenters. The molecule has 0 bridgehead atoms. The quantitative estimate of drug-likeness (QED) is 0.153. The molecule has 0 amide bonds. The Balaban J connectivity index is 1.25. The maximum absolute atomic E-state index is 12.6. The highest BCUT2D eigenvalue weighted by molar-refractivity contribution is 7.90. The number of nitrogens with zero attached hydrogens (tertiary/aromatic N) is 1. The molecule has 3 aliphatic rings. The van der Waals surface area contributed by atoms with E-state index >= 15 is 0 Å². The van der Waals surface area contributed by atoms with E-state index in [1.807, 2.05) is 24.3 Å². The number of carbonyl (C=O) groups is 3. The van der Waals surface area contributed by atoms with Gasteiger partial charge in [-0.3, -0.25) is 25.8 Å². The Kier molecular flexibility index (Phi) is 7.35. The van der Waals surface area contributed by atoms with Crippen LogP contribution in [0.3, 0.4) is 0 Å². The van der Waals surface area contributed by atoms with Crippen molar-refractivity contribution in [2.45, 2.75) is 0 Å². The molecular formula is C29H19N5O7S-2. The Morgan fingerprint density at radius 1 is 0.786 bits per heavy atom. The first-order chi connectivity index (χ1) is 20.0. The molecular weight excluding hydrogens is 562 g/mol. The van der Waals surface area contributed by atoms with Crippen LogP contribution in [0.25, 0.3) is 11.1 Å². The fraction of sp³-hybridized carbons (Fsp3) is 0. The van der Waals surface area contributed by atoms with Gasteiger partial charge in [0.15, 0.2) is 11.6 Å². The minimum absolute atomic E-state index is 0.0105. The first kappa shape index (κ1) is 27.9. The highest BCUT2D eigenvalue weighted by Gasteiger charge is 2.27. The summed E-state index contributed by atoms with van der Waals surface area (Å²) in [5.41, 5.74) is 11.8. The molecule has 0 heterocycles. The molecule has 0 aliphatic heterocycles. The molecule has 210 valence electrons. The predicted molar refractivity (Wildman–Crippen MR) is 152 cm³/mol. The van der Waals surface area contributed by atoms with Gasteiger partial charge in [0.1, 0.15) is 10.1 Å². The third-order valence-corrected chi connectivity index (χ3v) is 7.09. The fourth-order valence-electron chi connectivity index (χ4n) is 4.17. The van der Waals surface area contributed by atoms with Gasteiger partial charge in [-0.1, -0.05) is 30.3 Å². The zero-order valence-corrected chi connectivity index (χ0v) is 22.2. The number of hydrazone groups is 1. The van der Waals surface area contributed by atoms with Crippen LogP contribution in [0.2, 0.25) is 0 Å². The maximum atomic E-state index is 12.6. The van der Waals surface area contributed by atoms with E-state index in [2.05, 4.69) is 21.4 Å². The average molecular weight is 582 g/mol. The van der Waals surface area contributed by atoms with E-state index in [1.165, 1.54) is 18.2 Å². The number of aliphatic carboxylic acids is 1. The number of carboxylic acid groups (broad SMARTS) is 1. The molecule has 4 N–H and O–H groups in total. The summed E-state index contributed by atoms with van der Waals surface area (Å²) in [5.74, 6) is -2.93. The van der Waals surface area contributed by atoms with E-state index in [0.29, 0.717) is 11.4 Å². The third-order valence-electron chi connectivity index (χ3n) is 6.28. The summed E-state index contributed by atoms with van der Waals surface area (Å²) < 4.78 is 34.1. The van der Waals surface area contributed by atoms with E-state index in [0.717, 1.165) is 35.4 Å². The van der Waals surface area contributed by atoms with Gasteiger partial charge in [-0.15, -0.1) is 0 Å². The SMILES string of the molecule is N=C1C=CC2=CC(S(=O)(=O)[O-])=CC(=O)C2=C1NNc1ccc(-c2ccc(NN=C3C=CC(=O)C(C(=O)[O-])=C3)cc2)cc1. The van der Waals surface area contributed by atoms with Crippen LogP contribution in [0.1, 0.15) is 0 Å². The largest absolute Gasteiger partial charge is 0.744 e. The van der Waals surface area contributed by atoms with Crippen molar-refractivity contribution in [1.29, 1.82) is 5.41 Å². The number of carbonyl (C=O) groups excluding carboxylic acids is 3. The number of fused-ring (bicyclic) bond motifs is 1. The van der Waals surface area contributed by atoms with Crippen molar-refractivity contribution in [3.63, 3.8) is 0 Å². The minimum Gasteiger partial charge on any atom is -0.744 e. The van der Waals surface area contributed by atoms with Gasteiger partial charge in [0.2, 0.25) is 0 Å². The van der Waals surface area contributed by atoms with Crippen LogP contribution in [-0.4, -0.2) is 41.9 Å². The zero-order chi connectivity index (χ0) is 30.0. The van der Waals surface area contributed by atoms with Crippen LogP contribution >= 0.6 is 0 Å². The number of anilines is 2. The molecule has 0 aromatic heterocycles. The molecule has 12 nitrogen and oxygen atoms in total. The van der Waals surface area contributed by atoms with Crippen LogP contribution in [0, 0.1) is 5.41 Å². The van der Waals surface area contributed by atoms with Gasteiger partial charge in [0.25, 0.3) is 0 Å². The van der Waals surface area contributed by atoms with E-state index in [1.54, 1.807) is 24.3 Å². The first-order valence-corrected chi connectivity index (χ1v) is 13.6. The number of hydrogen-bond donors (Lipinski definition) is 4. The van der Waals surface area contributed by atoms with Crippen LogP contribution in [-0.2, 0) is 24.5 Å². The normalized spacial score (nSPS) is 17.4. The standard InChI is InChI=1S/C29H21N5O7S/c30-24-11-5-18-13-22(42(39,40)41)15-26(36)27(18)28(24)34-32-20-8-3-17(4-9-20)16-1-6-19(7-2-16)31-33-21-10-12-25(35)23(14-21)29(37)38/h1-15,30-32,34H,(H,37,38)(H,39,40,41)/p-2. The number of carboxylic acids is 1. The molecule has 0 saturated heterocycles. The van der Waals surface area contributed by atoms with Gasteiger partial charge in [-0.2, -0.15) is 5.10 Å². The second-order valence-corrected chi connectivity index (χ2v) is 10.4. The minimum atomic E-state index is -4.81. The van der Waals surface area contributed by atoms with E-state index in [4.69, 9.17) is 5.41 Å². The molecule has 42 heavy (non-hydrogen) atoms. The van der Waals surface area contributed by atoms with Gasteiger partial charge in [-0.25, -0.2) is 8.42 Å². The molecule has 0 saturated carbocycles. The smallest absolute Gasteiger partial charge is 0.189 e. The molecule has 0 fully saturated rings. The lowest BCUT2D eigenvalue weighted by molar-refractivity contribution is -0.298. The number of nitrogens with one attached hydrogen (secondary N) is 4. The third kappa shape index (κ3) is 5.91. The lowest BCUT2D eigenvalue weighted by Gasteiger charge is -2.23. The van der Waals surface area contributed by atoms with Crippen molar-refractivity contribution in [2.75, 3.05) is 10.9 Å². The summed E-state index contributed by atoms with van der Waals surface area (Å²) in [4.78, 5) is 34.6. The number of hydrazine groups is 1. The number of hydrogen-bond acceptors (Lipinski definition) is 12. The van der Waals surface area contributed by atoms with Crippen molar-refractivity contribution in [2.24, 2.45) is 5.10 Å². The Morgan fingerprint density at radius 2 is 1.43 bits per heavy atom. The van der Waals surface area contributed by atoms with Crippen molar-refractivity contribution in [3.05, 3.63) is 118 Å². The second kappa shape index (κ2) is 11.1. The highest BCUT2D eigenvalue weighted by Crippen LogP contribution is 2.30. The van der Waals surface area contributed by atoms with Crippen LogP contribution < -0.4 is 21.4 Å². The van der Waals surface area contributed by atoms with Gasteiger partial charge in [0, 0.05) is 11.6 Å². The van der Waals surface area contributed by atoms with Crippen molar-refractivity contribution in [1.82, 2.24) is 5.43 Å². The van der Waals surface area contributed by atoms with Crippen molar-refractivity contribution < 1.29 is 32.5 Å². The number of ketones is 2. The summed E-state index contributed by atoms with van der Waals surface area (Å²) in [6, 6.07) is 14.5. The molecule has 3 aliphatic carbocycles. The molecule has 0 radical (unpaired) electrons. The Hall–Kier alpha value is -5.66. The summed E-state index contributed by atoms with van der Waals surface area (Å²) in [6.45, 7) is 0. The summed E-state index contributed by atoms with van der Waals surface area (Å²) >= 11 is 0. The van der Waals surface area contributed by atoms with E-state index < -0.39 is 38.1 Å². The average Bonchev–Trinajstić information content (AvgIpc) is 2.96. The van der Waals surface area contributed by atoms with Gasteiger partial charge in [-0.05, 0) is 71.3 Å². The molecule has 0 spiro atoms. The summed E-state index contributed by atoms with van der Waals surface area (Å²) in [5, 5.41) is 23.3. The molecule has 0 unspecified atom stereocenters. The topological polar surface area (TPSA) is 204 Å². The van der Waals surface area contributed by atoms with Gasteiger partial charge < -0.3 is 19.9 Å². The Morgan fingerprint density at radius 3 is 2.05 bits per heavy atom. The Bertz CT molecular complexity index is 1880. The Labute approximate surface area is 239 Å². The van der Waals surface area contributed by atoms with Crippen molar-refractivity contribution in [3.8, 4) is 11.1 Å². The van der Waals surface area contributed by atoms with E-state index in [9.17, 15) is 32.5 Å². The predicted octanol–water partition coefficient (Wildman–Crippen LogP) is 1.64. The van der Waals surface area contributed by atoms with Crippen molar-refractivity contribution >= 4 is 50.5 Å². The number of rotatable bonds is 8. The maximum Gasteiger partial charge on any atom is 0.189 e. The first-order valence-electron chi connectivity index (χ1n) is 12.2. The highest BCUT2D eigenvalue weighted by atomic mass is 32.2. The molecule has 13 heteroatoms. The van der Waals surface area contributed by atoms with Gasteiger partial charge >= 0.3 is 0 Å².